The largest absolute Gasteiger partial charge is 0.324 e. The molecule has 0 fully saturated rings. The summed E-state index contributed by atoms with van der Waals surface area (Å²) in [5.41, 5.74) is 6.89. The van der Waals surface area contributed by atoms with Gasteiger partial charge in [0.25, 0.3) is 11.8 Å². The van der Waals surface area contributed by atoms with E-state index in [1.807, 2.05) is 39.8 Å². The molecule has 246 valence electrons. The lowest BCUT2D eigenvalue weighted by Gasteiger charge is -2.11. The Labute approximate surface area is 288 Å². The lowest BCUT2D eigenvalue weighted by Crippen LogP contribution is -2.31. The number of azo groups is 2. The zero-order valence-electron chi connectivity index (χ0n) is 27.3. The minimum absolute atomic E-state index is 0.229. The zero-order valence-corrected chi connectivity index (χ0v) is 28.8. The first-order chi connectivity index (χ1) is 22.7. The molecule has 0 bridgehead atoms. The number of benzene rings is 4. The Balaban J connectivity index is 1.47. The van der Waals surface area contributed by atoms with Crippen LogP contribution in [-0.2, 0) is 19.2 Å². The van der Waals surface area contributed by atoms with Crippen LogP contribution in [0.3, 0.4) is 0 Å². The molecule has 12 heteroatoms. The Kier molecular flexibility index (Phi) is 11.7. The van der Waals surface area contributed by atoms with Crippen molar-refractivity contribution in [3.8, 4) is 11.1 Å². The second-order valence-electron chi connectivity index (χ2n) is 11.5. The molecule has 0 saturated heterocycles. The highest BCUT2D eigenvalue weighted by atomic mass is 35.5. The third kappa shape index (κ3) is 9.49. The predicted octanol–water partition coefficient (Wildman–Crippen LogP) is 9.25. The van der Waals surface area contributed by atoms with E-state index < -0.39 is 35.5 Å². The fraction of sp³-hybridized carbons (Fsp3) is 0.222. The van der Waals surface area contributed by atoms with Crippen molar-refractivity contribution in [3.05, 3.63) is 105 Å². The van der Waals surface area contributed by atoms with Gasteiger partial charge in [0.05, 0.1) is 10.0 Å². The van der Waals surface area contributed by atoms with E-state index in [4.69, 9.17) is 23.2 Å². The molecule has 0 heterocycles. The molecule has 2 N–H and O–H groups in total. The van der Waals surface area contributed by atoms with E-state index in [9.17, 15) is 19.2 Å². The van der Waals surface area contributed by atoms with Gasteiger partial charge in [-0.25, -0.2) is 0 Å². The van der Waals surface area contributed by atoms with Crippen molar-refractivity contribution in [2.45, 2.75) is 53.6 Å². The summed E-state index contributed by atoms with van der Waals surface area (Å²) < 4.78 is 0. The number of aryl methyl sites for hydroxylation is 4. The maximum Gasteiger partial charge on any atom is 0.258 e. The van der Waals surface area contributed by atoms with Crippen LogP contribution in [0.4, 0.5) is 22.7 Å². The van der Waals surface area contributed by atoms with Gasteiger partial charge < -0.3 is 10.6 Å². The first-order valence-electron chi connectivity index (χ1n) is 14.9. The van der Waals surface area contributed by atoms with E-state index in [1.165, 1.54) is 13.8 Å². The average Bonchev–Trinajstić information content (AvgIpc) is 2.97. The SMILES string of the molecule is CC(=O)C(N=Nc1ccc(-c2ccc(N=NC(C(C)=O)C(=O)Nc3cc(C)cc(C)c3)c(Cl)c2)cc1Cl)C(=O)Nc1cc(C)cc(C)c1. The van der Waals surface area contributed by atoms with Crippen LogP contribution in [0.2, 0.25) is 10.0 Å². The van der Waals surface area contributed by atoms with Crippen LogP contribution >= 0.6 is 23.2 Å². The molecule has 2 atom stereocenters. The van der Waals surface area contributed by atoms with Gasteiger partial charge in [-0.1, -0.05) is 47.5 Å². The van der Waals surface area contributed by atoms with Crippen molar-refractivity contribution in [2.75, 3.05) is 10.6 Å². The first-order valence-corrected chi connectivity index (χ1v) is 15.7. The molecule has 4 rings (SSSR count). The van der Waals surface area contributed by atoms with Gasteiger partial charge in [0, 0.05) is 11.4 Å². The molecule has 0 aliphatic carbocycles. The van der Waals surface area contributed by atoms with Gasteiger partial charge in [0.2, 0.25) is 12.1 Å². The van der Waals surface area contributed by atoms with Crippen LogP contribution in [0.1, 0.15) is 36.1 Å². The van der Waals surface area contributed by atoms with Gasteiger partial charge in [0.15, 0.2) is 11.6 Å². The molecule has 0 spiro atoms. The third-order valence-corrected chi connectivity index (χ3v) is 7.64. The van der Waals surface area contributed by atoms with E-state index in [0.717, 1.165) is 22.3 Å². The number of nitrogens with one attached hydrogen (secondary N) is 2. The molecular weight excluding hydrogens is 651 g/mol. The fourth-order valence-corrected chi connectivity index (χ4v) is 5.36. The Bertz CT molecular complexity index is 1790. The van der Waals surface area contributed by atoms with Gasteiger partial charge >= 0.3 is 0 Å². The summed E-state index contributed by atoms with van der Waals surface area (Å²) >= 11 is 13.0. The molecule has 2 unspecified atom stereocenters. The van der Waals surface area contributed by atoms with Crippen molar-refractivity contribution in [1.29, 1.82) is 0 Å². The van der Waals surface area contributed by atoms with Crippen LogP contribution in [0.25, 0.3) is 11.1 Å². The number of anilines is 2. The molecule has 0 aliphatic rings. The number of carbonyl (C=O) groups excluding carboxylic acids is 4. The average molecular weight is 686 g/mol. The summed E-state index contributed by atoms with van der Waals surface area (Å²) in [6.45, 7) is 10.2. The van der Waals surface area contributed by atoms with Crippen molar-refractivity contribution in [1.82, 2.24) is 0 Å². The predicted molar refractivity (Wildman–Crippen MR) is 189 cm³/mol. The summed E-state index contributed by atoms with van der Waals surface area (Å²) in [7, 11) is 0. The van der Waals surface area contributed by atoms with Gasteiger partial charge in [-0.05, 0) is 123 Å². The lowest BCUT2D eigenvalue weighted by molar-refractivity contribution is -0.127. The van der Waals surface area contributed by atoms with Crippen LogP contribution in [-0.4, -0.2) is 35.5 Å². The summed E-state index contributed by atoms with van der Waals surface area (Å²) in [6.07, 6.45) is 0. The molecule has 0 saturated carbocycles. The lowest BCUT2D eigenvalue weighted by atomic mass is 10.0. The molecule has 0 aromatic heterocycles. The minimum atomic E-state index is -1.36. The topological polar surface area (TPSA) is 142 Å². The summed E-state index contributed by atoms with van der Waals surface area (Å²) in [6, 6.07) is 18.4. The molecule has 48 heavy (non-hydrogen) atoms. The first kappa shape index (κ1) is 35.8. The maximum atomic E-state index is 12.8. The molecule has 4 aromatic carbocycles. The monoisotopic (exact) mass is 684 g/mol. The highest BCUT2D eigenvalue weighted by Gasteiger charge is 2.25. The minimum Gasteiger partial charge on any atom is -0.324 e. The van der Waals surface area contributed by atoms with Crippen LogP contribution in [0.5, 0.6) is 0 Å². The number of hydrogen-bond donors (Lipinski definition) is 2. The van der Waals surface area contributed by atoms with Gasteiger partial charge in [0.1, 0.15) is 11.4 Å². The molecule has 0 radical (unpaired) electrons. The number of nitrogens with zero attached hydrogens (tertiary/aromatic N) is 4. The Morgan fingerprint density at radius 3 is 1.17 bits per heavy atom. The van der Waals surface area contributed by atoms with Crippen molar-refractivity contribution >= 4 is 69.3 Å². The van der Waals surface area contributed by atoms with Crippen molar-refractivity contribution < 1.29 is 19.2 Å². The standard InChI is InChI=1S/C36H34Cl2N6O4/c1-19-11-20(2)14-27(13-19)39-35(47)33(23(5)45)43-41-31-9-7-25(17-29(31)37)26-8-10-32(30(38)18-26)42-44-34(24(6)46)36(48)40-28-15-21(3)12-22(4)16-28/h7-18,33-34H,1-6H3,(H,39,47)(H,40,48). The second kappa shape index (κ2) is 15.7. The van der Waals surface area contributed by atoms with Gasteiger partial charge in [-0.2, -0.15) is 20.5 Å². The van der Waals surface area contributed by atoms with E-state index in [1.54, 1.807) is 60.7 Å². The number of carbonyl (C=O) groups is 4. The summed E-state index contributed by atoms with van der Waals surface area (Å²) in [5, 5.41) is 22.1. The second-order valence-corrected chi connectivity index (χ2v) is 12.3. The Hall–Kier alpha value is -5.06. The van der Waals surface area contributed by atoms with Crippen LogP contribution in [0, 0.1) is 27.7 Å². The molecule has 4 aromatic rings. The number of amides is 2. The molecule has 2 amide bonds. The van der Waals surface area contributed by atoms with Crippen LogP contribution in [0.15, 0.2) is 93.3 Å². The van der Waals surface area contributed by atoms with Gasteiger partial charge in [-0.3, -0.25) is 19.2 Å². The van der Waals surface area contributed by atoms with E-state index in [2.05, 4.69) is 31.1 Å². The smallest absolute Gasteiger partial charge is 0.258 e. The molecular formula is C36H34Cl2N6O4. The number of ketones is 2. The van der Waals surface area contributed by atoms with Crippen molar-refractivity contribution in [2.24, 2.45) is 20.5 Å². The van der Waals surface area contributed by atoms with E-state index >= 15 is 0 Å². The highest BCUT2D eigenvalue weighted by molar-refractivity contribution is 6.34. The number of Topliss-reactive ketones (excluding diaryl/α,β-unsaturated/α-hetero) is 2. The summed E-state index contributed by atoms with van der Waals surface area (Å²) in [4.78, 5) is 50.2. The Morgan fingerprint density at radius 1 is 0.542 bits per heavy atom. The van der Waals surface area contributed by atoms with Gasteiger partial charge in [-0.15, -0.1) is 0 Å². The Morgan fingerprint density at radius 2 is 0.875 bits per heavy atom. The molecule has 10 nitrogen and oxygen atoms in total. The fourth-order valence-electron chi connectivity index (χ4n) is 4.93. The quantitative estimate of drug-likeness (QED) is 0.120. The van der Waals surface area contributed by atoms with E-state index in [0.29, 0.717) is 22.5 Å². The summed E-state index contributed by atoms with van der Waals surface area (Å²) in [5.74, 6) is -2.16. The normalized spacial score (nSPS) is 12.6. The number of rotatable bonds is 11. The highest BCUT2D eigenvalue weighted by Crippen LogP contribution is 2.35. The van der Waals surface area contributed by atoms with E-state index in [-0.39, 0.29) is 21.4 Å². The molecule has 0 aliphatic heterocycles. The van der Waals surface area contributed by atoms with Crippen LogP contribution < -0.4 is 10.6 Å². The number of halogens is 2. The number of hydrogen-bond acceptors (Lipinski definition) is 8. The maximum absolute atomic E-state index is 12.8. The van der Waals surface area contributed by atoms with Crippen molar-refractivity contribution in [3.63, 3.8) is 0 Å². The zero-order chi connectivity index (χ0) is 35.1. The third-order valence-electron chi connectivity index (χ3n) is 7.04.